The van der Waals surface area contributed by atoms with Crippen LogP contribution < -0.4 is 0 Å². The minimum Gasteiger partial charge on any atom is -0.476 e. The van der Waals surface area contributed by atoms with Gasteiger partial charge in [-0.25, -0.2) is 14.8 Å². The standard InChI is InChI=1S/C13H7Cl2N3O2/c14-8-2-1-7(5-9(8)15)11-3-4-16-13-17-10(12(19)20)6-18(11)13/h1-6H,(H,19,20). The van der Waals surface area contributed by atoms with Crippen LogP contribution in [0.5, 0.6) is 0 Å². The van der Waals surface area contributed by atoms with Crippen LogP contribution in [0.1, 0.15) is 10.5 Å². The summed E-state index contributed by atoms with van der Waals surface area (Å²) in [4.78, 5) is 18.9. The highest BCUT2D eigenvalue weighted by molar-refractivity contribution is 6.42. The molecule has 3 rings (SSSR count). The van der Waals surface area contributed by atoms with Gasteiger partial charge in [-0.1, -0.05) is 29.3 Å². The lowest BCUT2D eigenvalue weighted by Gasteiger charge is -2.06. The molecular formula is C13H7Cl2N3O2. The summed E-state index contributed by atoms with van der Waals surface area (Å²) in [7, 11) is 0. The van der Waals surface area contributed by atoms with Crippen molar-refractivity contribution in [3.8, 4) is 11.3 Å². The zero-order chi connectivity index (χ0) is 14.3. The highest BCUT2D eigenvalue weighted by atomic mass is 35.5. The van der Waals surface area contributed by atoms with E-state index in [-0.39, 0.29) is 5.69 Å². The number of carboxylic acids is 1. The molecule has 7 heteroatoms. The molecule has 100 valence electrons. The molecule has 0 saturated carbocycles. The number of nitrogens with zero attached hydrogens (tertiary/aromatic N) is 3. The molecule has 2 heterocycles. The Morgan fingerprint density at radius 3 is 2.70 bits per heavy atom. The summed E-state index contributed by atoms with van der Waals surface area (Å²) < 4.78 is 1.60. The van der Waals surface area contributed by atoms with Crippen molar-refractivity contribution in [1.29, 1.82) is 0 Å². The van der Waals surface area contributed by atoms with Crippen molar-refractivity contribution in [2.24, 2.45) is 0 Å². The largest absolute Gasteiger partial charge is 0.476 e. The van der Waals surface area contributed by atoms with E-state index in [0.29, 0.717) is 15.8 Å². The first-order valence-electron chi connectivity index (χ1n) is 5.59. The molecule has 20 heavy (non-hydrogen) atoms. The third-order valence-corrected chi connectivity index (χ3v) is 3.54. The van der Waals surface area contributed by atoms with E-state index in [1.54, 1.807) is 34.9 Å². The molecule has 0 saturated heterocycles. The van der Waals surface area contributed by atoms with Gasteiger partial charge in [0.15, 0.2) is 5.69 Å². The molecule has 2 aromatic heterocycles. The normalized spacial score (nSPS) is 10.9. The Bertz CT molecular complexity index is 830. The third-order valence-electron chi connectivity index (χ3n) is 2.80. The second-order valence-electron chi connectivity index (χ2n) is 4.06. The number of fused-ring (bicyclic) bond motifs is 1. The number of imidazole rings is 1. The quantitative estimate of drug-likeness (QED) is 0.788. The summed E-state index contributed by atoms with van der Waals surface area (Å²) in [5.74, 6) is -0.790. The number of hydrogen-bond acceptors (Lipinski definition) is 3. The summed E-state index contributed by atoms with van der Waals surface area (Å²) in [6.45, 7) is 0. The van der Waals surface area contributed by atoms with E-state index in [4.69, 9.17) is 28.3 Å². The van der Waals surface area contributed by atoms with Crippen molar-refractivity contribution < 1.29 is 9.90 Å². The van der Waals surface area contributed by atoms with Crippen LogP contribution in [0, 0.1) is 0 Å². The molecule has 0 aliphatic carbocycles. The summed E-state index contributed by atoms with van der Waals surface area (Å²) >= 11 is 11.9. The number of carboxylic acid groups (broad SMARTS) is 1. The average Bonchev–Trinajstić information content (AvgIpc) is 2.86. The van der Waals surface area contributed by atoms with Crippen LogP contribution in [0.15, 0.2) is 36.7 Å². The van der Waals surface area contributed by atoms with E-state index in [0.717, 1.165) is 11.3 Å². The number of aromatic nitrogens is 3. The lowest BCUT2D eigenvalue weighted by molar-refractivity contribution is 0.0691. The molecule has 1 N–H and O–H groups in total. The summed E-state index contributed by atoms with van der Waals surface area (Å²) in [6, 6.07) is 6.93. The van der Waals surface area contributed by atoms with Gasteiger partial charge in [0.1, 0.15) is 0 Å². The number of rotatable bonds is 2. The number of halogens is 2. The second-order valence-corrected chi connectivity index (χ2v) is 4.87. The highest BCUT2D eigenvalue weighted by Gasteiger charge is 2.13. The van der Waals surface area contributed by atoms with E-state index < -0.39 is 5.97 Å². The van der Waals surface area contributed by atoms with E-state index in [1.807, 2.05) is 0 Å². The molecule has 0 amide bonds. The van der Waals surface area contributed by atoms with Gasteiger partial charge in [-0.3, -0.25) is 4.40 Å². The number of aromatic carboxylic acids is 1. The smallest absolute Gasteiger partial charge is 0.356 e. The zero-order valence-corrected chi connectivity index (χ0v) is 11.4. The lowest BCUT2D eigenvalue weighted by Crippen LogP contribution is -1.95. The van der Waals surface area contributed by atoms with Crippen LogP contribution >= 0.6 is 23.2 Å². The van der Waals surface area contributed by atoms with Crippen LogP contribution in [-0.4, -0.2) is 25.4 Å². The van der Waals surface area contributed by atoms with Crippen LogP contribution in [0.3, 0.4) is 0 Å². The predicted molar refractivity (Wildman–Crippen MR) is 75.4 cm³/mol. The lowest BCUT2D eigenvalue weighted by atomic mass is 10.1. The molecule has 0 spiro atoms. The molecule has 3 aromatic rings. The van der Waals surface area contributed by atoms with Crippen LogP contribution in [0.2, 0.25) is 10.0 Å². The van der Waals surface area contributed by atoms with Crippen LogP contribution in [0.4, 0.5) is 0 Å². The Balaban J connectivity index is 2.24. The van der Waals surface area contributed by atoms with Gasteiger partial charge in [-0.15, -0.1) is 0 Å². The Morgan fingerprint density at radius 1 is 1.20 bits per heavy atom. The minimum absolute atomic E-state index is 0.0648. The summed E-state index contributed by atoms with van der Waals surface area (Å²) in [6.07, 6.45) is 2.98. The monoisotopic (exact) mass is 307 g/mol. The Morgan fingerprint density at radius 2 is 2.00 bits per heavy atom. The first-order chi connectivity index (χ1) is 9.56. The van der Waals surface area contributed by atoms with Crippen LogP contribution in [0.25, 0.3) is 17.0 Å². The molecule has 0 unspecified atom stereocenters. The fraction of sp³-hybridized carbons (Fsp3) is 0. The van der Waals surface area contributed by atoms with Crippen molar-refractivity contribution in [3.63, 3.8) is 0 Å². The summed E-state index contributed by atoms with van der Waals surface area (Å²) in [5.41, 5.74) is 1.46. The molecule has 0 radical (unpaired) electrons. The number of carbonyl (C=O) groups is 1. The summed E-state index contributed by atoms with van der Waals surface area (Å²) in [5, 5.41) is 9.87. The molecule has 0 atom stereocenters. The topological polar surface area (TPSA) is 67.5 Å². The van der Waals surface area contributed by atoms with Gasteiger partial charge in [0.2, 0.25) is 5.78 Å². The van der Waals surface area contributed by atoms with Crippen LogP contribution in [-0.2, 0) is 0 Å². The Labute approximate surface area is 123 Å². The molecule has 0 fully saturated rings. The molecule has 0 bridgehead atoms. The molecule has 1 aromatic carbocycles. The van der Waals surface area contributed by atoms with Gasteiger partial charge < -0.3 is 5.11 Å². The van der Waals surface area contributed by atoms with E-state index in [9.17, 15) is 4.79 Å². The van der Waals surface area contributed by atoms with E-state index in [1.165, 1.54) is 6.20 Å². The van der Waals surface area contributed by atoms with Gasteiger partial charge in [0.25, 0.3) is 0 Å². The predicted octanol–water partition coefficient (Wildman–Crippen LogP) is 3.40. The first-order valence-corrected chi connectivity index (χ1v) is 6.34. The van der Waals surface area contributed by atoms with E-state index in [2.05, 4.69) is 9.97 Å². The molecule has 0 aliphatic heterocycles. The highest BCUT2D eigenvalue weighted by Crippen LogP contribution is 2.28. The number of benzene rings is 1. The van der Waals surface area contributed by atoms with Crippen molar-refractivity contribution in [3.05, 3.63) is 52.4 Å². The fourth-order valence-electron chi connectivity index (χ4n) is 1.89. The van der Waals surface area contributed by atoms with Gasteiger partial charge in [0.05, 0.1) is 15.7 Å². The second kappa shape index (κ2) is 4.77. The average molecular weight is 308 g/mol. The van der Waals surface area contributed by atoms with Gasteiger partial charge >= 0.3 is 5.97 Å². The fourth-order valence-corrected chi connectivity index (χ4v) is 2.19. The SMILES string of the molecule is O=C(O)c1cn2c(-c3ccc(Cl)c(Cl)c3)ccnc2n1. The van der Waals surface area contributed by atoms with E-state index >= 15 is 0 Å². The van der Waals surface area contributed by atoms with Gasteiger partial charge in [-0.2, -0.15) is 0 Å². The zero-order valence-electron chi connectivity index (χ0n) is 9.92. The molecule has 0 aliphatic rings. The molecular weight excluding hydrogens is 301 g/mol. The van der Waals surface area contributed by atoms with Gasteiger partial charge in [-0.05, 0) is 18.2 Å². The third kappa shape index (κ3) is 2.11. The van der Waals surface area contributed by atoms with Crippen molar-refractivity contribution in [1.82, 2.24) is 14.4 Å². The van der Waals surface area contributed by atoms with Crippen molar-refractivity contribution in [2.75, 3.05) is 0 Å². The van der Waals surface area contributed by atoms with Crippen molar-refractivity contribution in [2.45, 2.75) is 0 Å². The Hall–Kier alpha value is -2.11. The molecule has 5 nitrogen and oxygen atoms in total. The van der Waals surface area contributed by atoms with Gasteiger partial charge in [0, 0.05) is 18.0 Å². The minimum atomic E-state index is -1.10. The Kier molecular flexibility index (Phi) is 3.08. The maximum Gasteiger partial charge on any atom is 0.356 e. The maximum absolute atomic E-state index is 11.0. The number of hydrogen-bond donors (Lipinski definition) is 1. The maximum atomic E-state index is 11.0. The van der Waals surface area contributed by atoms with Crippen molar-refractivity contribution >= 4 is 34.9 Å². The first kappa shape index (κ1) is 12.9.